The van der Waals surface area contributed by atoms with Gasteiger partial charge in [0, 0.05) is 51.4 Å². The van der Waals surface area contributed by atoms with Gasteiger partial charge in [0.05, 0.1) is 6.61 Å². The summed E-state index contributed by atoms with van der Waals surface area (Å²) >= 11 is 0. The monoisotopic (exact) mass is 365 g/mol. The second kappa shape index (κ2) is 9.90. The van der Waals surface area contributed by atoms with Crippen molar-refractivity contribution >= 4 is 5.96 Å². The molecule has 0 radical (unpaired) electrons. The lowest BCUT2D eigenvalue weighted by molar-refractivity contribution is 0.121. The number of likely N-dealkylation sites (tertiary alicyclic amines) is 2. The van der Waals surface area contributed by atoms with E-state index in [1.165, 1.54) is 51.7 Å². The van der Waals surface area contributed by atoms with E-state index in [0.29, 0.717) is 12.1 Å². The molecule has 2 heterocycles. The maximum absolute atomic E-state index is 5.19. The van der Waals surface area contributed by atoms with Gasteiger partial charge in [0.2, 0.25) is 0 Å². The quantitative estimate of drug-likeness (QED) is 0.505. The smallest absolute Gasteiger partial charge is 0.191 e. The van der Waals surface area contributed by atoms with E-state index in [2.05, 4.69) is 34.3 Å². The predicted octanol–water partition coefficient (Wildman–Crippen LogP) is 1.53. The summed E-state index contributed by atoms with van der Waals surface area (Å²) in [5.74, 6) is 1.74. The highest BCUT2D eigenvalue weighted by atomic mass is 16.5. The van der Waals surface area contributed by atoms with Crippen molar-refractivity contribution in [3.8, 4) is 0 Å². The van der Waals surface area contributed by atoms with Crippen LogP contribution in [0, 0.1) is 5.92 Å². The molecule has 3 rings (SSSR count). The molecule has 0 aromatic heterocycles. The van der Waals surface area contributed by atoms with Gasteiger partial charge in [-0.15, -0.1) is 0 Å². The SMILES string of the molecule is CCNC(=NCC1CCN(CCOC)CC1)NC1CC(C)N(C2CC2)C1. The molecule has 150 valence electrons. The Hall–Kier alpha value is -0.850. The van der Waals surface area contributed by atoms with Gasteiger partial charge in [-0.25, -0.2) is 0 Å². The van der Waals surface area contributed by atoms with E-state index < -0.39 is 0 Å². The Kier molecular flexibility index (Phi) is 7.58. The van der Waals surface area contributed by atoms with Crippen molar-refractivity contribution < 1.29 is 4.74 Å². The predicted molar refractivity (Wildman–Crippen MR) is 108 cm³/mol. The fourth-order valence-electron chi connectivity index (χ4n) is 4.42. The van der Waals surface area contributed by atoms with Crippen LogP contribution in [0.15, 0.2) is 4.99 Å². The molecule has 3 fully saturated rings. The van der Waals surface area contributed by atoms with Crippen LogP contribution in [-0.4, -0.2) is 86.9 Å². The van der Waals surface area contributed by atoms with Gasteiger partial charge < -0.3 is 20.3 Å². The normalized spacial score (nSPS) is 29.3. The second-order valence-electron chi connectivity index (χ2n) is 8.35. The zero-order valence-electron chi connectivity index (χ0n) is 17.0. The van der Waals surface area contributed by atoms with Crippen molar-refractivity contribution in [2.45, 2.75) is 64.1 Å². The zero-order chi connectivity index (χ0) is 18.4. The van der Waals surface area contributed by atoms with E-state index in [4.69, 9.17) is 9.73 Å². The lowest BCUT2D eigenvalue weighted by Crippen LogP contribution is -2.45. The Bertz CT molecular complexity index is 445. The summed E-state index contributed by atoms with van der Waals surface area (Å²) in [4.78, 5) is 10.1. The van der Waals surface area contributed by atoms with E-state index in [1.807, 2.05) is 0 Å². The summed E-state index contributed by atoms with van der Waals surface area (Å²) in [6, 6.07) is 2.11. The van der Waals surface area contributed by atoms with Gasteiger partial charge >= 0.3 is 0 Å². The summed E-state index contributed by atoms with van der Waals surface area (Å²) in [5, 5.41) is 7.16. The first-order valence-corrected chi connectivity index (χ1v) is 10.7. The first-order chi connectivity index (χ1) is 12.7. The van der Waals surface area contributed by atoms with Crippen molar-refractivity contribution in [3.05, 3.63) is 0 Å². The number of piperidine rings is 1. The molecule has 0 aromatic carbocycles. The average molecular weight is 366 g/mol. The van der Waals surface area contributed by atoms with Crippen LogP contribution in [0.25, 0.3) is 0 Å². The van der Waals surface area contributed by atoms with Crippen molar-refractivity contribution in [2.24, 2.45) is 10.9 Å². The Morgan fingerprint density at radius 3 is 2.62 bits per heavy atom. The van der Waals surface area contributed by atoms with Gasteiger partial charge in [0.1, 0.15) is 0 Å². The highest BCUT2D eigenvalue weighted by molar-refractivity contribution is 5.80. The van der Waals surface area contributed by atoms with Gasteiger partial charge in [-0.3, -0.25) is 9.89 Å². The summed E-state index contributed by atoms with van der Waals surface area (Å²) in [5.41, 5.74) is 0. The summed E-state index contributed by atoms with van der Waals surface area (Å²) in [6.45, 7) is 11.9. The first kappa shape index (κ1) is 19.9. The van der Waals surface area contributed by atoms with Crippen LogP contribution in [0.3, 0.4) is 0 Å². The number of ether oxygens (including phenoxy) is 1. The van der Waals surface area contributed by atoms with E-state index in [9.17, 15) is 0 Å². The van der Waals surface area contributed by atoms with Crippen molar-refractivity contribution in [1.82, 2.24) is 20.4 Å². The molecule has 0 bridgehead atoms. The second-order valence-corrected chi connectivity index (χ2v) is 8.35. The van der Waals surface area contributed by atoms with E-state index in [-0.39, 0.29) is 0 Å². The number of nitrogens with zero attached hydrogens (tertiary/aromatic N) is 3. The molecule has 0 spiro atoms. The van der Waals surface area contributed by atoms with Crippen molar-refractivity contribution in [2.75, 3.05) is 53.0 Å². The Balaban J connectivity index is 1.42. The van der Waals surface area contributed by atoms with Crippen LogP contribution in [-0.2, 0) is 4.74 Å². The van der Waals surface area contributed by atoms with Gasteiger partial charge in [-0.2, -0.15) is 0 Å². The minimum atomic E-state index is 0.541. The lowest BCUT2D eigenvalue weighted by atomic mass is 9.97. The number of hydrogen-bond acceptors (Lipinski definition) is 4. The van der Waals surface area contributed by atoms with Crippen molar-refractivity contribution in [1.29, 1.82) is 0 Å². The molecule has 2 saturated heterocycles. The molecule has 6 nitrogen and oxygen atoms in total. The third-order valence-electron chi connectivity index (χ3n) is 6.15. The molecule has 3 aliphatic rings. The molecular formula is C20H39N5O. The summed E-state index contributed by atoms with van der Waals surface area (Å²) in [7, 11) is 1.78. The number of guanidine groups is 1. The first-order valence-electron chi connectivity index (χ1n) is 10.7. The molecule has 2 aliphatic heterocycles. The third kappa shape index (κ3) is 5.83. The van der Waals surface area contributed by atoms with Crippen LogP contribution >= 0.6 is 0 Å². The maximum Gasteiger partial charge on any atom is 0.191 e. The molecule has 1 saturated carbocycles. The van der Waals surface area contributed by atoms with Gasteiger partial charge in [0.25, 0.3) is 0 Å². The van der Waals surface area contributed by atoms with Crippen molar-refractivity contribution in [3.63, 3.8) is 0 Å². The molecular weight excluding hydrogens is 326 g/mol. The van der Waals surface area contributed by atoms with Crippen LogP contribution in [0.1, 0.15) is 46.0 Å². The Morgan fingerprint density at radius 2 is 1.96 bits per heavy atom. The van der Waals surface area contributed by atoms with Crippen LogP contribution in [0.4, 0.5) is 0 Å². The molecule has 2 N–H and O–H groups in total. The number of rotatable bonds is 8. The maximum atomic E-state index is 5.19. The standard InChI is InChI=1S/C20H39N5O/c1-4-21-20(23-18-13-16(2)25(15-18)19-5-6-19)22-14-17-7-9-24(10-8-17)11-12-26-3/h16-19H,4-15H2,1-3H3,(H2,21,22,23). The summed E-state index contributed by atoms with van der Waals surface area (Å²) < 4.78 is 5.19. The number of hydrogen-bond donors (Lipinski definition) is 2. The minimum absolute atomic E-state index is 0.541. The fourth-order valence-corrected chi connectivity index (χ4v) is 4.42. The number of nitrogens with one attached hydrogen (secondary N) is 2. The average Bonchev–Trinajstić information content (AvgIpc) is 3.42. The van der Waals surface area contributed by atoms with Gasteiger partial charge in [-0.05, 0) is 65.0 Å². The molecule has 0 aromatic rings. The Morgan fingerprint density at radius 1 is 1.19 bits per heavy atom. The van der Waals surface area contributed by atoms with E-state index in [1.54, 1.807) is 7.11 Å². The molecule has 0 amide bonds. The Labute approximate surface area is 159 Å². The zero-order valence-corrected chi connectivity index (χ0v) is 17.0. The highest BCUT2D eigenvalue weighted by Crippen LogP contribution is 2.33. The number of aliphatic imine (C=N–C) groups is 1. The molecule has 2 unspecified atom stereocenters. The van der Waals surface area contributed by atoms with Crippen LogP contribution < -0.4 is 10.6 Å². The molecule has 2 atom stereocenters. The van der Waals surface area contributed by atoms with Gasteiger partial charge in [0.15, 0.2) is 5.96 Å². The van der Waals surface area contributed by atoms with E-state index in [0.717, 1.165) is 44.2 Å². The number of methoxy groups -OCH3 is 1. The summed E-state index contributed by atoms with van der Waals surface area (Å²) in [6.07, 6.45) is 6.53. The molecule has 1 aliphatic carbocycles. The van der Waals surface area contributed by atoms with Gasteiger partial charge in [-0.1, -0.05) is 0 Å². The third-order valence-corrected chi connectivity index (χ3v) is 6.15. The minimum Gasteiger partial charge on any atom is -0.383 e. The molecule has 6 heteroatoms. The van der Waals surface area contributed by atoms with E-state index >= 15 is 0 Å². The van der Waals surface area contributed by atoms with Crippen LogP contribution in [0.2, 0.25) is 0 Å². The fraction of sp³-hybridized carbons (Fsp3) is 0.950. The highest BCUT2D eigenvalue weighted by Gasteiger charge is 2.38. The van der Waals surface area contributed by atoms with Crippen LogP contribution in [0.5, 0.6) is 0 Å². The largest absolute Gasteiger partial charge is 0.383 e. The molecule has 26 heavy (non-hydrogen) atoms. The topological polar surface area (TPSA) is 52.1 Å². The lowest BCUT2D eigenvalue weighted by Gasteiger charge is -2.31.